The minimum Gasteiger partial charge on any atom is -0.299 e. The average Bonchev–Trinajstić information content (AvgIpc) is 2.63. The molecule has 1 rings (SSSR count). The van der Waals surface area contributed by atoms with Crippen molar-refractivity contribution >= 4 is 0 Å². The minimum absolute atomic E-state index is 0.842. The number of hydrogen-bond donors (Lipinski definition) is 0. The predicted molar refractivity (Wildman–Crippen MR) is 112 cm³/mol. The van der Waals surface area contributed by atoms with E-state index in [9.17, 15) is 0 Å². The third kappa shape index (κ3) is 9.45. The van der Waals surface area contributed by atoms with E-state index in [-0.39, 0.29) is 0 Å². The Bertz CT molecular complexity index is 404. The van der Waals surface area contributed by atoms with Crippen molar-refractivity contribution in [2.75, 3.05) is 13.1 Å². The smallest absolute Gasteiger partial charge is 0.0240 e. The monoisotopic (exact) mass is 344 g/mol. The summed E-state index contributed by atoms with van der Waals surface area (Å²) in [6.07, 6.45) is 10.7. The Morgan fingerprint density at radius 1 is 0.880 bits per heavy atom. The van der Waals surface area contributed by atoms with E-state index in [0.717, 1.165) is 18.4 Å². The van der Waals surface area contributed by atoms with E-state index in [2.05, 4.69) is 63.8 Å². The van der Waals surface area contributed by atoms with Gasteiger partial charge in [0.15, 0.2) is 0 Å². The van der Waals surface area contributed by atoms with Gasteiger partial charge in [-0.05, 0) is 43.2 Å². The number of aryl methyl sites for hydroxylation is 1. The molecule has 0 N–H and O–H groups in total. The molecule has 1 aromatic carbocycles. The van der Waals surface area contributed by atoms with Crippen molar-refractivity contribution in [3.8, 4) is 0 Å². The van der Waals surface area contributed by atoms with Crippen LogP contribution in [-0.2, 0) is 6.54 Å². The minimum atomic E-state index is 0.842. The summed E-state index contributed by atoms with van der Waals surface area (Å²) in [5, 5.41) is 0. The Hall–Kier alpha value is -0.820. The van der Waals surface area contributed by atoms with Crippen molar-refractivity contribution in [1.82, 2.24) is 4.90 Å². The number of benzene rings is 1. The van der Waals surface area contributed by atoms with Crippen LogP contribution in [0.25, 0.3) is 0 Å². The molecule has 143 valence electrons. The first-order chi connectivity index (χ1) is 12.1. The van der Waals surface area contributed by atoms with E-state index in [1.165, 1.54) is 75.6 Å². The SMILES string of the molecule is CCCCC(CC)CN(Cc1[c]cc(C)cc1)CC(CC)CCCC. The van der Waals surface area contributed by atoms with E-state index < -0.39 is 0 Å². The molecule has 0 aliphatic heterocycles. The van der Waals surface area contributed by atoms with Crippen LogP contribution in [0.15, 0.2) is 18.2 Å². The zero-order chi connectivity index (χ0) is 18.5. The van der Waals surface area contributed by atoms with E-state index >= 15 is 0 Å². The highest BCUT2D eigenvalue weighted by atomic mass is 15.1. The van der Waals surface area contributed by atoms with Gasteiger partial charge in [-0.25, -0.2) is 0 Å². The maximum atomic E-state index is 3.49. The molecule has 1 nitrogen and oxygen atoms in total. The Kier molecular flexibility index (Phi) is 11.9. The highest BCUT2D eigenvalue weighted by Gasteiger charge is 2.17. The molecule has 0 saturated carbocycles. The lowest BCUT2D eigenvalue weighted by Crippen LogP contribution is -2.33. The van der Waals surface area contributed by atoms with Gasteiger partial charge < -0.3 is 0 Å². The third-order valence-corrected chi connectivity index (χ3v) is 5.55. The molecule has 0 amide bonds. The van der Waals surface area contributed by atoms with Gasteiger partial charge in [0.05, 0.1) is 0 Å². The van der Waals surface area contributed by atoms with E-state index in [1.807, 2.05) is 0 Å². The normalized spacial score (nSPS) is 14.0. The summed E-state index contributed by atoms with van der Waals surface area (Å²) in [5.74, 6) is 1.68. The molecule has 1 aromatic rings. The molecule has 0 heterocycles. The zero-order valence-corrected chi connectivity index (χ0v) is 17.6. The lowest BCUT2D eigenvalue weighted by molar-refractivity contribution is 0.174. The summed E-state index contributed by atoms with van der Waals surface area (Å²) in [7, 11) is 0. The molecule has 0 spiro atoms. The molecular weight excluding hydrogens is 302 g/mol. The maximum Gasteiger partial charge on any atom is 0.0240 e. The molecule has 1 heteroatoms. The average molecular weight is 345 g/mol. The van der Waals surface area contributed by atoms with E-state index in [0.29, 0.717) is 0 Å². The summed E-state index contributed by atoms with van der Waals surface area (Å²) in [6, 6.07) is 10.1. The predicted octanol–water partition coefficient (Wildman–Crippen LogP) is 7.03. The maximum absolute atomic E-state index is 3.49. The van der Waals surface area contributed by atoms with Crippen LogP contribution in [0.3, 0.4) is 0 Å². The van der Waals surface area contributed by atoms with Gasteiger partial charge in [0.2, 0.25) is 0 Å². The topological polar surface area (TPSA) is 3.24 Å². The lowest BCUT2D eigenvalue weighted by atomic mass is 9.95. The Balaban J connectivity index is 2.74. The summed E-state index contributed by atoms with van der Waals surface area (Å²) in [5.41, 5.74) is 2.65. The largest absolute Gasteiger partial charge is 0.299 e. The van der Waals surface area contributed by atoms with Gasteiger partial charge in [-0.1, -0.05) is 90.0 Å². The molecule has 2 atom stereocenters. The van der Waals surface area contributed by atoms with Crippen molar-refractivity contribution in [3.05, 3.63) is 35.4 Å². The van der Waals surface area contributed by atoms with Crippen LogP contribution in [0.2, 0.25) is 0 Å². The van der Waals surface area contributed by atoms with Gasteiger partial charge in [-0.15, -0.1) is 0 Å². The van der Waals surface area contributed by atoms with Gasteiger partial charge in [-0.2, -0.15) is 0 Å². The highest BCUT2D eigenvalue weighted by molar-refractivity contribution is 5.19. The van der Waals surface area contributed by atoms with E-state index in [1.54, 1.807) is 0 Å². The molecule has 0 bridgehead atoms. The lowest BCUT2D eigenvalue weighted by Gasteiger charge is -2.30. The number of unbranched alkanes of at least 4 members (excludes halogenated alkanes) is 2. The standard InChI is InChI=1S/C24H42N/c1-6-10-12-22(8-3)18-25(19-23(9-4)13-11-7-2)20-24-16-14-21(5)15-17-24/h14-16,22-23H,6-13,18-20H2,1-5H3. The summed E-state index contributed by atoms with van der Waals surface area (Å²) >= 11 is 0. The fraction of sp³-hybridized carbons (Fsp3) is 0.750. The molecular formula is C24H42N. The van der Waals surface area contributed by atoms with E-state index in [4.69, 9.17) is 0 Å². The first-order valence-electron chi connectivity index (χ1n) is 10.8. The van der Waals surface area contributed by atoms with Crippen LogP contribution in [0.4, 0.5) is 0 Å². The molecule has 0 saturated heterocycles. The molecule has 25 heavy (non-hydrogen) atoms. The van der Waals surface area contributed by atoms with Crippen molar-refractivity contribution in [3.63, 3.8) is 0 Å². The van der Waals surface area contributed by atoms with Crippen LogP contribution in [0.1, 0.15) is 90.2 Å². The second-order valence-electron chi connectivity index (χ2n) is 7.92. The van der Waals surface area contributed by atoms with Gasteiger partial charge >= 0.3 is 0 Å². The highest BCUT2D eigenvalue weighted by Crippen LogP contribution is 2.20. The van der Waals surface area contributed by atoms with Gasteiger partial charge in [0.1, 0.15) is 0 Å². The van der Waals surface area contributed by atoms with Gasteiger partial charge in [-0.3, -0.25) is 4.90 Å². The first-order valence-corrected chi connectivity index (χ1v) is 10.8. The van der Waals surface area contributed by atoms with Gasteiger partial charge in [0.25, 0.3) is 0 Å². The fourth-order valence-corrected chi connectivity index (χ4v) is 3.64. The Morgan fingerprint density at radius 2 is 1.44 bits per heavy atom. The van der Waals surface area contributed by atoms with Crippen molar-refractivity contribution in [1.29, 1.82) is 0 Å². The van der Waals surface area contributed by atoms with Crippen LogP contribution in [-0.4, -0.2) is 18.0 Å². The van der Waals surface area contributed by atoms with Crippen molar-refractivity contribution in [2.24, 2.45) is 11.8 Å². The summed E-state index contributed by atoms with van der Waals surface area (Å²) in [4.78, 5) is 2.73. The number of nitrogens with zero attached hydrogens (tertiary/aromatic N) is 1. The van der Waals surface area contributed by atoms with Crippen LogP contribution in [0.5, 0.6) is 0 Å². The molecule has 0 aromatic heterocycles. The zero-order valence-electron chi connectivity index (χ0n) is 17.6. The van der Waals surface area contributed by atoms with Gasteiger partial charge in [0, 0.05) is 19.6 Å². The quantitative estimate of drug-likeness (QED) is 0.350. The molecule has 0 aliphatic carbocycles. The first kappa shape index (κ1) is 22.2. The molecule has 2 unspecified atom stereocenters. The summed E-state index contributed by atoms with van der Waals surface area (Å²) in [6.45, 7) is 15.1. The van der Waals surface area contributed by atoms with Crippen LogP contribution >= 0.6 is 0 Å². The van der Waals surface area contributed by atoms with Crippen LogP contribution < -0.4 is 0 Å². The van der Waals surface area contributed by atoms with Crippen LogP contribution in [0, 0.1) is 24.8 Å². The Labute approximate surface area is 158 Å². The fourth-order valence-electron chi connectivity index (χ4n) is 3.64. The molecule has 0 aliphatic rings. The molecule has 0 fully saturated rings. The second-order valence-corrected chi connectivity index (χ2v) is 7.92. The summed E-state index contributed by atoms with van der Waals surface area (Å²) < 4.78 is 0. The molecule has 1 radical (unpaired) electrons. The third-order valence-electron chi connectivity index (χ3n) is 5.55. The van der Waals surface area contributed by atoms with Crippen molar-refractivity contribution in [2.45, 2.75) is 92.5 Å². The van der Waals surface area contributed by atoms with Crippen molar-refractivity contribution < 1.29 is 0 Å². The number of rotatable bonds is 14. The Morgan fingerprint density at radius 3 is 1.84 bits per heavy atom. The number of hydrogen-bond acceptors (Lipinski definition) is 1. The second kappa shape index (κ2) is 13.4.